The molecule has 0 spiro atoms. The molecule has 0 aliphatic rings. The Balaban J connectivity index is 1.63. The Labute approximate surface area is 153 Å². The summed E-state index contributed by atoms with van der Waals surface area (Å²) in [6, 6.07) is 13.0. The van der Waals surface area contributed by atoms with E-state index in [1.165, 1.54) is 17.7 Å². The first-order valence-corrected chi connectivity index (χ1v) is 8.68. The van der Waals surface area contributed by atoms with Gasteiger partial charge in [0, 0.05) is 6.20 Å². The number of anilines is 1. The molecule has 0 saturated heterocycles. The molecule has 4 aromatic rings. The molecule has 0 fully saturated rings. The van der Waals surface area contributed by atoms with Gasteiger partial charge in [0.25, 0.3) is 5.91 Å². The van der Waals surface area contributed by atoms with E-state index in [4.69, 9.17) is 0 Å². The number of hydrogen-bond acceptors (Lipinski definition) is 6. The lowest BCUT2D eigenvalue weighted by Crippen LogP contribution is -2.13. The minimum atomic E-state index is -0.213. The third-order valence-corrected chi connectivity index (χ3v) is 4.88. The van der Waals surface area contributed by atoms with E-state index in [0.29, 0.717) is 16.3 Å². The van der Waals surface area contributed by atoms with Gasteiger partial charge >= 0.3 is 0 Å². The maximum Gasteiger partial charge on any atom is 0.267 e. The second-order valence-electron chi connectivity index (χ2n) is 5.46. The van der Waals surface area contributed by atoms with Crippen LogP contribution in [0.3, 0.4) is 0 Å². The molecule has 0 bridgehead atoms. The highest BCUT2D eigenvalue weighted by atomic mass is 32.1. The van der Waals surface area contributed by atoms with Crippen LogP contribution in [-0.2, 0) is 0 Å². The monoisotopic (exact) mass is 362 g/mol. The van der Waals surface area contributed by atoms with Crippen molar-refractivity contribution in [3.8, 4) is 16.4 Å². The minimum absolute atomic E-state index is 0.213. The van der Waals surface area contributed by atoms with Crippen molar-refractivity contribution >= 4 is 22.9 Å². The molecule has 3 aromatic heterocycles. The molecule has 4 rings (SSSR count). The SMILES string of the molecule is Cc1nc(-c2ccccn2)sc1C(=O)Nc1ccccc1-n1cncn1. The van der Waals surface area contributed by atoms with Gasteiger partial charge in [-0.2, -0.15) is 5.10 Å². The van der Waals surface area contributed by atoms with Crippen LogP contribution in [0.5, 0.6) is 0 Å². The van der Waals surface area contributed by atoms with E-state index in [-0.39, 0.29) is 5.91 Å². The normalized spacial score (nSPS) is 10.7. The summed E-state index contributed by atoms with van der Waals surface area (Å²) in [4.78, 5) is 26.1. The average Bonchev–Trinajstić information content (AvgIpc) is 3.33. The molecule has 0 aliphatic heterocycles. The average molecular weight is 362 g/mol. The number of carbonyl (C=O) groups excluding carboxylic acids is 1. The van der Waals surface area contributed by atoms with E-state index in [9.17, 15) is 4.79 Å². The minimum Gasteiger partial charge on any atom is -0.319 e. The van der Waals surface area contributed by atoms with E-state index in [1.807, 2.05) is 49.4 Å². The summed E-state index contributed by atoms with van der Waals surface area (Å²) in [5, 5.41) is 7.79. The number of nitrogens with zero attached hydrogens (tertiary/aromatic N) is 5. The molecule has 1 amide bonds. The van der Waals surface area contributed by atoms with E-state index in [1.54, 1.807) is 17.2 Å². The Morgan fingerprint density at radius 3 is 2.77 bits per heavy atom. The highest BCUT2D eigenvalue weighted by Gasteiger charge is 2.18. The summed E-state index contributed by atoms with van der Waals surface area (Å²) in [6.45, 7) is 1.82. The predicted molar refractivity (Wildman–Crippen MR) is 99.4 cm³/mol. The second-order valence-corrected chi connectivity index (χ2v) is 6.46. The van der Waals surface area contributed by atoms with Gasteiger partial charge in [0.1, 0.15) is 22.5 Å². The number of amides is 1. The lowest BCUT2D eigenvalue weighted by molar-refractivity contribution is 0.103. The number of aromatic nitrogens is 5. The first-order valence-electron chi connectivity index (χ1n) is 7.86. The number of thiazole rings is 1. The van der Waals surface area contributed by atoms with Crippen molar-refractivity contribution in [2.45, 2.75) is 6.92 Å². The fourth-order valence-corrected chi connectivity index (χ4v) is 3.44. The molecule has 3 heterocycles. The van der Waals surface area contributed by atoms with E-state index >= 15 is 0 Å². The quantitative estimate of drug-likeness (QED) is 0.602. The van der Waals surface area contributed by atoms with Crippen molar-refractivity contribution in [3.05, 3.63) is 71.9 Å². The molecular formula is C18H14N6OS. The predicted octanol–water partition coefficient (Wildman–Crippen LogP) is 3.35. The van der Waals surface area contributed by atoms with Crippen molar-refractivity contribution in [1.82, 2.24) is 24.7 Å². The van der Waals surface area contributed by atoms with Crippen LogP contribution in [0.4, 0.5) is 5.69 Å². The molecule has 0 unspecified atom stereocenters. The summed E-state index contributed by atoms with van der Waals surface area (Å²) in [7, 11) is 0. The summed E-state index contributed by atoms with van der Waals surface area (Å²) in [6.07, 6.45) is 4.74. The molecule has 1 aromatic carbocycles. The van der Waals surface area contributed by atoms with Crippen LogP contribution in [0.1, 0.15) is 15.4 Å². The standard InChI is InChI=1S/C18H14N6OS/c1-12-16(26-18(22-12)14-7-4-5-9-20-14)17(25)23-13-6-2-3-8-15(13)24-11-19-10-21-24/h2-11H,1H3,(H,23,25). The Morgan fingerprint density at radius 1 is 1.15 bits per heavy atom. The van der Waals surface area contributed by atoms with Gasteiger partial charge in [-0.25, -0.2) is 14.6 Å². The fraction of sp³-hybridized carbons (Fsp3) is 0.0556. The highest BCUT2D eigenvalue weighted by Crippen LogP contribution is 2.28. The maximum absolute atomic E-state index is 12.8. The van der Waals surface area contributed by atoms with Gasteiger partial charge in [0.05, 0.1) is 22.8 Å². The number of para-hydroxylation sites is 2. The Hall–Kier alpha value is -3.39. The van der Waals surface area contributed by atoms with Crippen LogP contribution in [0.15, 0.2) is 61.3 Å². The Morgan fingerprint density at radius 2 is 2.00 bits per heavy atom. The zero-order valence-corrected chi connectivity index (χ0v) is 14.6. The first-order chi connectivity index (χ1) is 12.7. The van der Waals surface area contributed by atoms with Gasteiger partial charge < -0.3 is 5.32 Å². The smallest absolute Gasteiger partial charge is 0.267 e. The Kier molecular flexibility index (Phi) is 4.24. The molecule has 7 nitrogen and oxygen atoms in total. The summed E-state index contributed by atoms with van der Waals surface area (Å²) < 4.78 is 1.61. The molecule has 128 valence electrons. The molecule has 1 N–H and O–H groups in total. The van der Waals surface area contributed by atoms with Gasteiger partial charge in [0.15, 0.2) is 0 Å². The zero-order chi connectivity index (χ0) is 17.9. The largest absolute Gasteiger partial charge is 0.319 e. The van der Waals surface area contributed by atoms with Crippen LogP contribution in [-0.4, -0.2) is 30.6 Å². The zero-order valence-electron chi connectivity index (χ0n) is 13.8. The van der Waals surface area contributed by atoms with Gasteiger partial charge in [0.2, 0.25) is 0 Å². The van der Waals surface area contributed by atoms with Crippen molar-refractivity contribution in [2.75, 3.05) is 5.32 Å². The molecular weight excluding hydrogens is 348 g/mol. The van der Waals surface area contributed by atoms with Crippen LogP contribution < -0.4 is 5.32 Å². The van der Waals surface area contributed by atoms with Crippen molar-refractivity contribution in [2.24, 2.45) is 0 Å². The second kappa shape index (κ2) is 6.85. The van der Waals surface area contributed by atoms with Gasteiger partial charge in [-0.15, -0.1) is 11.3 Å². The summed E-state index contributed by atoms with van der Waals surface area (Å²) in [5.74, 6) is -0.213. The molecule has 0 saturated carbocycles. The van der Waals surface area contributed by atoms with Crippen molar-refractivity contribution in [3.63, 3.8) is 0 Å². The van der Waals surface area contributed by atoms with Crippen LogP contribution in [0, 0.1) is 6.92 Å². The summed E-state index contributed by atoms with van der Waals surface area (Å²) in [5.41, 5.74) is 2.81. The van der Waals surface area contributed by atoms with Gasteiger partial charge in [-0.3, -0.25) is 9.78 Å². The summed E-state index contributed by atoms with van der Waals surface area (Å²) >= 11 is 1.32. The van der Waals surface area contributed by atoms with Gasteiger partial charge in [-0.05, 0) is 31.2 Å². The number of hydrogen-bond donors (Lipinski definition) is 1. The van der Waals surface area contributed by atoms with Crippen LogP contribution in [0.25, 0.3) is 16.4 Å². The van der Waals surface area contributed by atoms with Crippen LogP contribution >= 0.6 is 11.3 Å². The van der Waals surface area contributed by atoms with E-state index < -0.39 is 0 Å². The third kappa shape index (κ3) is 3.09. The number of aryl methyl sites for hydroxylation is 1. The molecule has 8 heteroatoms. The van der Waals surface area contributed by atoms with Crippen molar-refractivity contribution in [1.29, 1.82) is 0 Å². The Bertz CT molecular complexity index is 1040. The molecule has 0 aliphatic carbocycles. The number of pyridine rings is 1. The highest BCUT2D eigenvalue weighted by molar-refractivity contribution is 7.17. The molecule has 0 radical (unpaired) electrons. The maximum atomic E-state index is 12.8. The van der Waals surface area contributed by atoms with Crippen LogP contribution in [0.2, 0.25) is 0 Å². The number of carbonyl (C=O) groups is 1. The topological polar surface area (TPSA) is 85.6 Å². The number of nitrogens with one attached hydrogen (secondary N) is 1. The lowest BCUT2D eigenvalue weighted by Gasteiger charge is -2.10. The first kappa shape index (κ1) is 16.1. The third-order valence-electron chi connectivity index (χ3n) is 3.70. The fourth-order valence-electron chi connectivity index (χ4n) is 2.50. The van der Waals surface area contributed by atoms with E-state index in [0.717, 1.165) is 16.4 Å². The lowest BCUT2D eigenvalue weighted by atomic mass is 10.2. The molecule has 0 atom stereocenters. The number of rotatable bonds is 4. The van der Waals surface area contributed by atoms with Gasteiger partial charge in [-0.1, -0.05) is 18.2 Å². The number of benzene rings is 1. The van der Waals surface area contributed by atoms with E-state index in [2.05, 4.69) is 25.4 Å². The van der Waals surface area contributed by atoms with Crippen molar-refractivity contribution < 1.29 is 4.79 Å². The molecule has 26 heavy (non-hydrogen) atoms.